The molecule has 0 aromatic heterocycles. The summed E-state index contributed by atoms with van der Waals surface area (Å²) in [4.78, 5) is 10.9. The number of hydrogen-bond acceptors (Lipinski definition) is 3. The molecule has 1 rings (SSSR count). The molecule has 3 nitrogen and oxygen atoms in total. The third-order valence-corrected chi connectivity index (χ3v) is 1.74. The minimum atomic E-state index is -2.33. The van der Waals surface area contributed by atoms with Gasteiger partial charge in [0.1, 0.15) is 6.04 Å². The van der Waals surface area contributed by atoms with E-state index in [0.29, 0.717) is 0 Å². The summed E-state index contributed by atoms with van der Waals surface area (Å²) in [5.41, 5.74) is 5.01. The topological polar surface area (TPSA) is 52.3 Å². The Morgan fingerprint density at radius 2 is 1.35 bits per heavy atom. The van der Waals surface area contributed by atoms with Gasteiger partial charge in [-0.1, -0.05) is 0 Å². The highest BCUT2D eigenvalue weighted by Crippen LogP contribution is 2.29. The second-order valence-corrected chi connectivity index (χ2v) is 3.11. The lowest BCUT2D eigenvalue weighted by molar-refractivity contribution is -0.135. The van der Waals surface area contributed by atoms with Gasteiger partial charge in [0.25, 0.3) is 0 Å². The van der Waals surface area contributed by atoms with Gasteiger partial charge < -0.3 is 10.5 Å². The van der Waals surface area contributed by atoms with E-state index >= 15 is 0 Å². The number of hydrogen-bond donors (Lipinski definition) is 1. The monoisotopic (exact) mass is 255 g/mol. The number of benzene rings is 1. The third kappa shape index (κ3) is 2.36. The molecule has 1 aromatic rings. The minimum Gasteiger partial charge on any atom is -0.419 e. The van der Waals surface area contributed by atoms with Gasteiger partial charge >= 0.3 is 5.97 Å². The lowest BCUT2D eigenvalue weighted by atomic mass is 10.2. The molecule has 0 unspecified atom stereocenters. The van der Waals surface area contributed by atoms with Gasteiger partial charge in [-0.15, -0.1) is 0 Å². The Balaban J connectivity index is 3.30. The first kappa shape index (κ1) is 13.4. The third-order valence-electron chi connectivity index (χ3n) is 1.74. The minimum absolute atomic E-state index is 1.12. The van der Waals surface area contributed by atoms with Crippen molar-refractivity contribution >= 4 is 5.97 Å². The molecule has 0 saturated carbocycles. The number of rotatable bonds is 2. The molecule has 8 heteroatoms. The second kappa shape index (κ2) is 4.66. The molecule has 0 spiro atoms. The van der Waals surface area contributed by atoms with Gasteiger partial charge in [-0.2, -0.15) is 8.78 Å². The molecule has 17 heavy (non-hydrogen) atoms. The molecule has 94 valence electrons. The molecule has 0 heterocycles. The zero-order valence-electron chi connectivity index (χ0n) is 8.36. The SMILES string of the molecule is C[C@H](N)C(=O)Oc1c(F)c(F)c(F)c(F)c1F. The smallest absolute Gasteiger partial charge is 0.328 e. The van der Waals surface area contributed by atoms with E-state index in [2.05, 4.69) is 4.74 Å². The molecule has 0 amide bonds. The van der Waals surface area contributed by atoms with Gasteiger partial charge in [0.05, 0.1) is 0 Å². The predicted octanol–water partition coefficient (Wildman–Crippen LogP) is 1.63. The Hall–Kier alpha value is -1.70. The number of nitrogens with two attached hydrogens (primary N) is 1. The van der Waals surface area contributed by atoms with Crippen molar-refractivity contribution in [1.29, 1.82) is 0 Å². The van der Waals surface area contributed by atoms with Crippen molar-refractivity contribution in [3.8, 4) is 5.75 Å². The van der Waals surface area contributed by atoms with Crippen LogP contribution in [-0.4, -0.2) is 12.0 Å². The summed E-state index contributed by atoms with van der Waals surface area (Å²) in [6.07, 6.45) is 0. The van der Waals surface area contributed by atoms with E-state index in [1.54, 1.807) is 0 Å². The molecule has 1 aromatic carbocycles. The van der Waals surface area contributed by atoms with Crippen LogP contribution in [-0.2, 0) is 4.79 Å². The number of carbonyl (C=O) groups excluding carboxylic acids is 1. The summed E-state index contributed by atoms with van der Waals surface area (Å²) < 4.78 is 67.9. The van der Waals surface area contributed by atoms with E-state index in [1.165, 1.54) is 0 Å². The lowest BCUT2D eigenvalue weighted by Gasteiger charge is -2.09. The fourth-order valence-electron chi connectivity index (χ4n) is 0.868. The maximum absolute atomic E-state index is 13.0. The summed E-state index contributed by atoms with van der Waals surface area (Å²) in [5.74, 6) is -14.2. The van der Waals surface area contributed by atoms with Crippen LogP contribution < -0.4 is 10.5 Å². The quantitative estimate of drug-likeness (QED) is 0.287. The Morgan fingerprint density at radius 1 is 1.00 bits per heavy atom. The van der Waals surface area contributed by atoms with Crippen LogP contribution in [0.2, 0.25) is 0 Å². The molecule has 0 fully saturated rings. The molecule has 0 aliphatic heterocycles. The van der Waals surface area contributed by atoms with Crippen molar-refractivity contribution in [2.24, 2.45) is 5.73 Å². The molecule has 0 aliphatic rings. The molecular formula is C9H6F5NO2. The molecular weight excluding hydrogens is 249 g/mol. The Kier molecular flexibility index (Phi) is 3.66. The average molecular weight is 255 g/mol. The highest BCUT2D eigenvalue weighted by Gasteiger charge is 2.29. The first-order valence-electron chi connectivity index (χ1n) is 4.26. The van der Waals surface area contributed by atoms with Crippen LogP contribution in [0.5, 0.6) is 5.75 Å². The second-order valence-electron chi connectivity index (χ2n) is 3.11. The first-order valence-corrected chi connectivity index (χ1v) is 4.26. The van der Waals surface area contributed by atoms with E-state index < -0.39 is 46.8 Å². The molecule has 0 bridgehead atoms. The lowest BCUT2D eigenvalue weighted by Crippen LogP contribution is -2.31. The van der Waals surface area contributed by atoms with Gasteiger partial charge in [-0.3, -0.25) is 0 Å². The van der Waals surface area contributed by atoms with Gasteiger partial charge in [-0.05, 0) is 6.92 Å². The summed E-state index contributed by atoms with van der Waals surface area (Å²) in [6, 6.07) is -1.27. The van der Waals surface area contributed by atoms with Crippen LogP contribution >= 0.6 is 0 Å². The average Bonchev–Trinajstić information content (AvgIpc) is 2.29. The van der Waals surface area contributed by atoms with Crippen molar-refractivity contribution in [2.75, 3.05) is 0 Å². The normalized spacial score (nSPS) is 12.4. The van der Waals surface area contributed by atoms with Gasteiger partial charge in [0, 0.05) is 0 Å². The molecule has 2 N–H and O–H groups in total. The molecule has 0 saturated heterocycles. The van der Waals surface area contributed by atoms with Crippen LogP contribution in [0.3, 0.4) is 0 Å². The van der Waals surface area contributed by atoms with Crippen LogP contribution in [0.25, 0.3) is 0 Å². The number of ether oxygens (including phenoxy) is 1. The Morgan fingerprint density at radius 3 is 1.71 bits per heavy atom. The van der Waals surface area contributed by atoms with Gasteiger partial charge in [0.15, 0.2) is 0 Å². The predicted molar refractivity (Wildman–Crippen MR) is 45.5 cm³/mol. The fourth-order valence-corrected chi connectivity index (χ4v) is 0.868. The van der Waals surface area contributed by atoms with Crippen LogP contribution in [0.4, 0.5) is 22.0 Å². The van der Waals surface area contributed by atoms with Crippen molar-refractivity contribution in [3.63, 3.8) is 0 Å². The van der Waals surface area contributed by atoms with Crippen LogP contribution in [0.15, 0.2) is 0 Å². The van der Waals surface area contributed by atoms with Crippen molar-refractivity contribution in [1.82, 2.24) is 0 Å². The van der Waals surface area contributed by atoms with Gasteiger partial charge in [-0.25, -0.2) is 18.0 Å². The van der Waals surface area contributed by atoms with E-state index in [0.717, 1.165) is 6.92 Å². The van der Waals surface area contributed by atoms with Crippen molar-refractivity contribution in [3.05, 3.63) is 29.1 Å². The first-order chi connectivity index (χ1) is 7.77. The van der Waals surface area contributed by atoms with Gasteiger partial charge in [0.2, 0.25) is 34.8 Å². The number of halogens is 5. The highest BCUT2D eigenvalue weighted by atomic mass is 19.2. The van der Waals surface area contributed by atoms with Crippen LogP contribution in [0, 0.1) is 29.1 Å². The Labute approximate surface area is 92.0 Å². The maximum atomic E-state index is 13.0. The van der Waals surface area contributed by atoms with Crippen molar-refractivity contribution in [2.45, 2.75) is 13.0 Å². The summed E-state index contributed by atoms with van der Waals surface area (Å²) in [7, 11) is 0. The van der Waals surface area contributed by atoms with Crippen molar-refractivity contribution < 1.29 is 31.5 Å². The number of esters is 1. The maximum Gasteiger partial charge on any atom is 0.328 e. The van der Waals surface area contributed by atoms with E-state index in [1.807, 2.05) is 0 Å². The van der Waals surface area contributed by atoms with Crippen LogP contribution in [0.1, 0.15) is 6.92 Å². The fraction of sp³-hybridized carbons (Fsp3) is 0.222. The molecule has 0 aliphatic carbocycles. The standard InChI is InChI=1S/C9H6F5NO2/c1-2(15)9(16)17-8-6(13)4(11)3(10)5(12)7(8)14/h2H,15H2,1H3/t2-/m0/s1. The molecule has 1 atom stereocenters. The number of carbonyl (C=O) groups is 1. The zero-order valence-corrected chi connectivity index (χ0v) is 8.36. The summed E-state index contributed by atoms with van der Waals surface area (Å²) >= 11 is 0. The highest BCUT2D eigenvalue weighted by molar-refractivity contribution is 5.77. The molecule has 0 radical (unpaired) electrons. The largest absolute Gasteiger partial charge is 0.419 e. The van der Waals surface area contributed by atoms with E-state index in [9.17, 15) is 26.7 Å². The van der Waals surface area contributed by atoms with E-state index in [4.69, 9.17) is 5.73 Å². The Bertz CT molecular complexity index is 446. The summed E-state index contributed by atoms with van der Waals surface area (Å²) in [5, 5.41) is 0. The summed E-state index contributed by atoms with van der Waals surface area (Å²) in [6.45, 7) is 1.12. The zero-order chi connectivity index (χ0) is 13.3. The van der Waals surface area contributed by atoms with E-state index in [-0.39, 0.29) is 0 Å².